The Bertz CT molecular complexity index is 1690. The second kappa shape index (κ2) is 8.84. The molecule has 1 amide bonds. The van der Waals surface area contributed by atoms with Gasteiger partial charge >= 0.3 is 0 Å². The monoisotopic (exact) mass is 586 g/mol. The maximum atomic E-state index is 14.0. The number of sulfonamides is 2. The number of nitrogens with one attached hydrogen (secondary N) is 2. The number of nitrogens with zero attached hydrogens (tertiary/aromatic N) is 2. The first-order valence-corrected chi connectivity index (χ1v) is 16.4. The molecule has 2 bridgehead atoms. The van der Waals surface area contributed by atoms with E-state index in [1.165, 1.54) is 30.3 Å². The van der Waals surface area contributed by atoms with E-state index in [0.29, 0.717) is 18.4 Å². The molecule has 2 aliphatic heterocycles. The number of Topliss-reactive ketones (excluding diaryl/α,β-unsaturated/α-hetero) is 1. The lowest BCUT2D eigenvalue weighted by atomic mass is 9.73. The number of anilines is 2. The van der Waals surface area contributed by atoms with Crippen molar-refractivity contribution in [2.24, 2.45) is 28.1 Å². The molecule has 0 spiro atoms. The number of carbonyl (C=O) groups is 2. The van der Waals surface area contributed by atoms with Crippen LogP contribution in [-0.2, 0) is 36.2 Å². The lowest BCUT2D eigenvalue weighted by molar-refractivity contribution is -0.153. The van der Waals surface area contributed by atoms with E-state index in [-0.39, 0.29) is 52.3 Å². The maximum absolute atomic E-state index is 14.0. The number of hydrogen-bond donors (Lipinski definition) is 2. The summed E-state index contributed by atoms with van der Waals surface area (Å²) in [4.78, 5) is 29.2. The average molecular weight is 587 g/mol. The van der Waals surface area contributed by atoms with Crippen LogP contribution < -0.4 is 10.0 Å². The van der Waals surface area contributed by atoms with E-state index in [1.54, 1.807) is 17.0 Å². The molecule has 5 aliphatic rings. The van der Waals surface area contributed by atoms with Crippen LogP contribution in [0.2, 0.25) is 0 Å². The van der Waals surface area contributed by atoms with Gasteiger partial charge in [0.05, 0.1) is 10.9 Å². The highest BCUT2D eigenvalue weighted by molar-refractivity contribution is 7.93. The van der Waals surface area contributed by atoms with E-state index in [9.17, 15) is 30.8 Å². The number of fused-ring (bicyclic) bond motifs is 6. The van der Waals surface area contributed by atoms with E-state index in [4.69, 9.17) is 0 Å². The molecule has 13 heteroatoms. The first kappa shape index (κ1) is 25.6. The van der Waals surface area contributed by atoms with Crippen molar-refractivity contribution in [1.29, 1.82) is 0 Å². The number of ketones is 1. The summed E-state index contributed by atoms with van der Waals surface area (Å²) in [7, 11) is -7.97. The molecule has 3 saturated carbocycles. The standard InChI is InChI=1S/C27H27FN4O6S2/c28-17-5-1-14(2-6-17)13-32-24-16-4-3-15(11-16)22(24)25(33)23(27(32)34)26-29-20-10-7-18(12-21(20)40(37,38)31-26)30-39(35,36)19-8-9-19/h1-2,5-7,10,12,15-16,19,22-24,30H,3-4,8-9,11,13H2,(H,29,31)/t15-,16+,22+,23?,24-/m0/s1. The van der Waals surface area contributed by atoms with Crippen LogP contribution in [0, 0.1) is 29.5 Å². The Labute approximate surface area is 231 Å². The summed E-state index contributed by atoms with van der Waals surface area (Å²) in [6, 6.07) is 9.58. The van der Waals surface area contributed by atoms with Crippen molar-refractivity contribution in [2.45, 2.75) is 54.8 Å². The minimum absolute atomic E-state index is 0.0924. The summed E-state index contributed by atoms with van der Waals surface area (Å²) >= 11 is 0. The molecule has 4 fully saturated rings. The molecule has 2 heterocycles. The highest BCUT2D eigenvalue weighted by Crippen LogP contribution is 2.54. The summed E-state index contributed by atoms with van der Waals surface area (Å²) in [6.45, 7) is 0.175. The molecule has 5 atom stereocenters. The number of hydrogen-bond acceptors (Lipinski definition) is 7. The van der Waals surface area contributed by atoms with Crippen LogP contribution in [-0.4, -0.2) is 50.6 Å². The predicted molar refractivity (Wildman–Crippen MR) is 144 cm³/mol. The molecule has 3 aliphatic carbocycles. The number of benzene rings is 2. The Kier molecular flexibility index (Phi) is 5.66. The van der Waals surface area contributed by atoms with Gasteiger partial charge in [0, 0.05) is 24.2 Å². The topological polar surface area (TPSA) is 142 Å². The van der Waals surface area contributed by atoms with Gasteiger partial charge in [0.15, 0.2) is 11.7 Å². The number of rotatable bonds is 6. The summed E-state index contributed by atoms with van der Waals surface area (Å²) in [5.41, 5.74) is 0.914. The van der Waals surface area contributed by atoms with Crippen LogP contribution in [0.15, 0.2) is 51.8 Å². The Morgan fingerprint density at radius 1 is 1.02 bits per heavy atom. The molecule has 7 rings (SSSR count). The van der Waals surface area contributed by atoms with Crippen LogP contribution in [0.5, 0.6) is 0 Å². The van der Waals surface area contributed by atoms with E-state index >= 15 is 0 Å². The summed E-state index contributed by atoms with van der Waals surface area (Å²) in [5, 5.41) is 2.41. The Balaban J connectivity index is 1.23. The van der Waals surface area contributed by atoms with Crippen LogP contribution >= 0.6 is 0 Å². The van der Waals surface area contributed by atoms with E-state index in [1.807, 2.05) is 0 Å². The van der Waals surface area contributed by atoms with Crippen LogP contribution in [0.1, 0.15) is 37.7 Å². The van der Waals surface area contributed by atoms with Crippen molar-refractivity contribution in [1.82, 2.24) is 4.90 Å². The average Bonchev–Trinajstić information content (AvgIpc) is 3.58. The van der Waals surface area contributed by atoms with Gasteiger partial charge in [-0.1, -0.05) is 12.1 Å². The number of amidine groups is 1. The van der Waals surface area contributed by atoms with Gasteiger partial charge in [-0.25, -0.2) is 12.8 Å². The number of amides is 1. The van der Waals surface area contributed by atoms with E-state index in [0.717, 1.165) is 19.3 Å². The molecule has 1 unspecified atom stereocenters. The third kappa shape index (κ3) is 4.12. The fraction of sp³-hybridized carbons (Fsp3) is 0.444. The maximum Gasteiger partial charge on any atom is 0.286 e. The lowest BCUT2D eigenvalue weighted by Gasteiger charge is -2.45. The number of carbonyl (C=O) groups excluding carboxylic acids is 2. The van der Waals surface area contributed by atoms with E-state index < -0.39 is 48.9 Å². The zero-order chi connectivity index (χ0) is 28.0. The molecule has 1 saturated heterocycles. The Hall–Kier alpha value is -3.32. The van der Waals surface area contributed by atoms with Crippen molar-refractivity contribution < 1.29 is 30.8 Å². The molecule has 2 N–H and O–H groups in total. The van der Waals surface area contributed by atoms with Gasteiger partial charge < -0.3 is 10.2 Å². The minimum atomic E-state index is -4.36. The Morgan fingerprint density at radius 3 is 2.48 bits per heavy atom. The highest BCUT2D eigenvalue weighted by Gasteiger charge is 2.60. The summed E-state index contributed by atoms with van der Waals surface area (Å²) in [5.74, 6) is -3.03. The smallest absolute Gasteiger partial charge is 0.286 e. The number of halogens is 1. The van der Waals surface area contributed by atoms with Crippen molar-refractivity contribution in [3.05, 3.63) is 53.8 Å². The minimum Gasteiger partial charge on any atom is -0.341 e. The molecule has 0 aromatic heterocycles. The fourth-order valence-corrected chi connectivity index (χ4v) is 9.51. The molecule has 2 aromatic carbocycles. The van der Waals surface area contributed by atoms with Crippen LogP contribution in [0.4, 0.5) is 15.8 Å². The van der Waals surface area contributed by atoms with Crippen molar-refractivity contribution in [3.8, 4) is 0 Å². The second-order valence-electron chi connectivity index (χ2n) is 11.4. The normalized spacial score (nSPS) is 30.4. The van der Waals surface area contributed by atoms with Gasteiger partial charge in [0.2, 0.25) is 15.9 Å². The van der Waals surface area contributed by atoms with Gasteiger partial charge in [-0.15, -0.1) is 4.40 Å². The van der Waals surface area contributed by atoms with Gasteiger partial charge in [0.1, 0.15) is 16.5 Å². The molecule has 40 heavy (non-hydrogen) atoms. The first-order valence-electron chi connectivity index (χ1n) is 13.4. The second-order valence-corrected chi connectivity index (χ2v) is 14.9. The molecule has 0 radical (unpaired) electrons. The molecular weight excluding hydrogens is 559 g/mol. The molecule has 2 aromatic rings. The first-order chi connectivity index (χ1) is 19.0. The van der Waals surface area contributed by atoms with Crippen molar-refractivity contribution in [3.63, 3.8) is 0 Å². The Morgan fingerprint density at radius 2 is 1.75 bits per heavy atom. The molecular formula is C27H27FN4O6S2. The quantitative estimate of drug-likeness (QED) is 0.496. The number of likely N-dealkylation sites (tertiary alicyclic amines) is 1. The van der Waals surface area contributed by atoms with Crippen molar-refractivity contribution >= 4 is 48.9 Å². The zero-order valence-electron chi connectivity index (χ0n) is 21.3. The van der Waals surface area contributed by atoms with Gasteiger partial charge in [-0.3, -0.25) is 14.3 Å². The molecule has 210 valence electrons. The zero-order valence-corrected chi connectivity index (χ0v) is 22.9. The third-order valence-electron chi connectivity index (χ3n) is 8.88. The largest absolute Gasteiger partial charge is 0.341 e. The fourth-order valence-electron chi connectivity index (χ4n) is 6.95. The van der Waals surface area contributed by atoms with Gasteiger partial charge in [-0.05, 0) is 79.8 Å². The highest BCUT2D eigenvalue weighted by atomic mass is 32.2. The SMILES string of the molecule is O=C1C(C2=NS(=O)(=O)c3cc(NS(=O)(=O)C4CC4)ccc3N2)C(=O)N(Cc2ccc(F)cc2)[C@H]2[C@@H]3CC[C@@H](C3)[C@@H]12. The summed E-state index contributed by atoms with van der Waals surface area (Å²) in [6.07, 6.45) is 3.74. The van der Waals surface area contributed by atoms with Gasteiger partial charge in [-0.2, -0.15) is 8.42 Å². The predicted octanol–water partition coefficient (Wildman–Crippen LogP) is 2.88. The van der Waals surface area contributed by atoms with Crippen LogP contribution in [0.3, 0.4) is 0 Å². The summed E-state index contributed by atoms with van der Waals surface area (Å²) < 4.78 is 71.1. The van der Waals surface area contributed by atoms with Crippen molar-refractivity contribution in [2.75, 3.05) is 10.0 Å². The van der Waals surface area contributed by atoms with Crippen LogP contribution in [0.25, 0.3) is 0 Å². The lowest BCUT2D eigenvalue weighted by Crippen LogP contribution is -2.61. The van der Waals surface area contributed by atoms with Gasteiger partial charge in [0.25, 0.3) is 10.0 Å². The third-order valence-corrected chi connectivity index (χ3v) is 12.1. The number of piperidine rings is 1. The van der Waals surface area contributed by atoms with E-state index in [2.05, 4.69) is 14.4 Å². The molecule has 10 nitrogen and oxygen atoms in total.